The van der Waals surface area contributed by atoms with Crippen LogP contribution in [0.4, 0.5) is 0 Å². The molecule has 216 valence electrons. The number of aliphatic hydroxyl groups excluding tert-OH is 1. The third-order valence-electron chi connectivity index (χ3n) is 5.58. The van der Waals surface area contributed by atoms with E-state index in [9.17, 15) is 34.2 Å². The molecule has 5 unspecified atom stereocenters. The largest absolute Gasteiger partial charge is 0.480 e. The van der Waals surface area contributed by atoms with Gasteiger partial charge in [-0.1, -0.05) is 30.3 Å². The first-order valence-electron chi connectivity index (χ1n) is 12.3. The van der Waals surface area contributed by atoms with Gasteiger partial charge in [0.05, 0.1) is 12.1 Å². The van der Waals surface area contributed by atoms with E-state index in [1.807, 2.05) is 0 Å². The van der Waals surface area contributed by atoms with E-state index < -0.39 is 59.9 Å². The third kappa shape index (κ3) is 12.7. The van der Waals surface area contributed by atoms with Crippen molar-refractivity contribution in [3.8, 4) is 0 Å². The van der Waals surface area contributed by atoms with E-state index in [-0.39, 0.29) is 44.6 Å². The third-order valence-corrected chi connectivity index (χ3v) is 5.58. The van der Waals surface area contributed by atoms with Gasteiger partial charge in [-0.15, -0.1) is 0 Å². The molecule has 0 aliphatic rings. The highest BCUT2D eigenvalue weighted by Gasteiger charge is 2.32. The lowest BCUT2D eigenvalue weighted by atomic mass is 10.0. The molecule has 0 spiro atoms. The molecule has 0 fully saturated rings. The molecule has 39 heavy (non-hydrogen) atoms. The monoisotopic (exact) mass is 550 g/mol. The summed E-state index contributed by atoms with van der Waals surface area (Å²) >= 11 is 0. The fourth-order valence-corrected chi connectivity index (χ4v) is 3.45. The van der Waals surface area contributed by atoms with Crippen LogP contribution < -0.4 is 38.9 Å². The fraction of sp³-hybridized carbons (Fsp3) is 0.500. The summed E-state index contributed by atoms with van der Waals surface area (Å²) in [5, 5.41) is 26.9. The maximum atomic E-state index is 13.2. The van der Waals surface area contributed by atoms with Crippen LogP contribution in [0.3, 0.4) is 0 Å². The minimum atomic E-state index is -1.55. The van der Waals surface area contributed by atoms with Crippen LogP contribution in [0.5, 0.6) is 0 Å². The number of aliphatic imine (C=N–C) groups is 1. The molecule has 5 atom stereocenters. The molecule has 1 aromatic carbocycles. The molecule has 0 aromatic heterocycles. The maximum Gasteiger partial charge on any atom is 0.326 e. The number of carboxylic acids is 1. The second kappa shape index (κ2) is 16.6. The first-order valence-corrected chi connectivity index (χ1v) is 12.3. The van der Waals surface area contributed by atoms with Gasteiger partial charge in [0.2, 0.25) is 23.6 Å². The molecule has 4 amide bonds. The number of aliphatic carboxylic acids is 1. The number of nitrogens with two attached hydrogens (primary N) is 4. The molecule has 0 saturated heterocycles. The van der Waals surface area contributed by atoms with Crippen LogP contribution in [-0.2, 0) is 30.4 Å². The van der Waals surface area contributed by atoms with Crippen molar-refractivity contribution in [1.29, 1.82) is 0 Å². The Morgan fingerprint density at radius 3 is 2.05 bits per heavy atom. The molecule has 13 N–H and O–H groups in total. The van der Waals surface area contributed by atoms with Crippen molar-refractivity contribution in [3.05, 3.63) is 35.9 Å². The van der Waals surface area contributed by atoms with Crippen molar-refractivity contribution in [2.45, 2.75) is 69.3 Å². The molecule has 0 radical (unpaired) electrons. The number of carbonyl (C=O) groups excluding carboxylic acids is 4. The van der Waals surface area contributed by atoms with Gasteiger partial charge in [0.15, 0.2) is 5.96 Å². The quantitative estimate of drug-likeness (QED) is 0.0531. The number of primary amides is 1. The highest BCUT2D eigenvalue weighted by Crippen LogP contribution is 2.07. The molecular weight excluding hydrogens is 512 g/mol. The van der Waals surface area contributed by atoms with E-state index in [4.69, 9.17) is 22.9 Å². The summed E-state index contributed by atoms with van der Waals surface area (Å²) in [6.45, 7) is 1.38. The average molecular weight is 551 g/mol. The van der Waals surface area contributed by atoms with Gasteiger partial charge in [0.25, 0.3) is 0 Å². The van der Waals surface area contributed by atoms with Crippen LogP contribution in [0.1, 0.15) is 38.2 Å². The normalized spacial score (nSPS) is 14.5. The highest BCUT2D eigenvalue weighted by molar-refractivity contribution is 5.94. The van der Waals surface area contributed by atoms with E-state index in [1.165, 1.54) is 6.92 Å². The zero-order valence-corrected chi connectivity index (χ0v) is 21.7. The van der Waals surface area contributed by atoms with Crippen LogP contribution in [0.25, 0.3) is 0 Å². The van der Waals surface area contributed by atoms with Gasteiger partial charge in [0, 0.05) is 19.4 Å². The molecular formula is C24H38N8O7. The molecule has 0 heterocycles. The van der Waals surface area contributed by atoms with E-state index in [2.05, 4.69) is 20.9 Å². The summed E-state index contributed by atoms with van der Waals surface area (Å²) in [5.41, 5.74) is 22.1. The van der Waals surface area contributed by atoms with Crippen LogP contribution in [-0.4, -0.2) is 82.6 Å². The molecule has 15 heteroatoms. The van der Waals surface area contributed by atoms with Gasteiger partial charge in [-0.05, 0) is 31.7 Å². The van der Waals surface area contributed by atoms with Gasteiger partial charge in [-0.25, -0.2) is 4.79 Å². The summed E-state index contributed by atoms with van der Waals surface area (Å²) in [5.74, 6) is -4.63. The van der Waals surface area contributed by atoms with E-state index in [1.54, 1.807) is 30.3 Å². The number of nitrogens with zero attached hydrogens (tertiary/aromatic N) is 1. The number of aliphatic hydroxyl groups is 1. The van der Waals surface area contributed by atoms with E-state index in [0.717, 1.165) is 0 Å². The molecule has 0 aliphatic carbocycles. The van der Waals surface area contributed by atoms with Gasteiger partial charge >= 0.3 is 5.97 Å². The molecule has 0 aliphatic heterocycles. The van der Waals surface area contributed by atoms with E-state index in [0.29, 0.717) is 5.56 Å². The predicted molar refractivity (Wildman–Crippen MR) is 142 cm³/mol. The minimum Gasteiger partial charge on any atom is -0.480 e. The van der Waals surface area contributed by atoms with Crippen molar-refractivity contribution in [1.82, 2.24) is 16.0 Å². The van der Waals surface area contributed by atoms with Gasteiger partial charge in [-0.3, -0.25) is 24.2 Å². The Hall–Kier alpha value is -4.24. The second-order valence-corrected chi connectivity index (χ2v) is 8.94. The Balaban J connectivity index is 3.01. The topological polar surface area (TPSA) is 278 Å². The zero-order valence-electron chi connectivity index (χ0n) is 21.7. The first-order chi connectivity index (χ1) is 18.3. The Bertz CT molecular complexity index is 1010. The van der Waals surface area contributed by atoms with Crippen molar-refractivity contribution in [2.24, 2.45) is 27.9 Å². The molecule has 0 saturated carbocycles. The van der Waals surface area contributed by atoms with Gasteiger partial charge in [-0.2, -0.15) is 0 Å². The van der Waals surface area contributed by atoms with Gasteiger partial charge in [0.1, 0.15) is 18.1 Å². The number of benzene rings is 1. The average Bonchev–Trinajstić information content (AvgIpc) is 2.86. The summed E-state index contributed by atoms with van der Waals surface area (Å²) < 4.78 is 0. The zero-order chi connectivity index (χ0) is 29.5. The first kappa shape index (κ1) is 32.8. The number of carbonyl (C=O) groups is 5. The molecule has 1 rings (SSSR count). The lowest BCUT2D eigenvalue weighted by Gasteiger charge is -2.26. The standard InChI is InChI=1S/C24H38N8O7/c1-13(33)19(22(37)30-16(23(38)39)8-5-11-29-24(27)28)32-21(36)17(12-14-6-3-2-4-7-14)31-20(35)15(25)9-10-18(26)34/h2-4,6-7,13,15-17,19,33H,5,8-12,25H2,1H3,(H2,26,34)(H,30,37)(H,31,35)(H,32,36)(H,38,39)(H4,27,28,29). The van der Waals surface area contributed by atoms with Crippen molar-refractivity contribution < 1.29 is 34.2 Å². The number of carboxylic acid groups (broad SMARTS) is 1. The fourth-order valence-electron chi connectivity index (χ4n) is 3.45. The number of amides is 4. The van der Waals surface area contributed by atoms with Crippen LogP contribution in [0, 0.1) is 0 Å². The Morgan fingerprint density at radius 2 is 1.51 bits per heavy atom. The molecule has 0 bridgehead atoms. The van der Waals surface area contributed by atoms with Crippen molar-refractivity contribution >= 4 is 35.6 Å². The van der Waals surface area contributed by atoms with E-state index >= 15 is 0 Å². The number of guanidine groups is 1. The van der Waals surface area contributed by atoms with Crippen LogP contribution in [0.2, 0.25) is 0 Å². The number of rotatable bonds is 17. The van der Waals surface area contributed by atoms with Crippen LogP contribution >= 0.6 is 0 Å². The lowest BCUT2D eigenvalue weighted by Crippen LogP contribution is -2.60. The second-order valence-electron chi connectivity index (χ2n) is 8.94. The van der Waals surface area contributed by atoms with Crippen molar-refractivity contribution in [2.75, 3.05) is 6.54 Å². The molecule has 1 aromatic rings. The minimum absolute atomic E-state index is 0.0116. The summed E-state index contributed by atoms with van der Waals surface area (Å²) in [4.78, 5) is 65.1. The van der Waals surface area contributed by atoms with Crippen molar-refractivity contribution in [3.63, 3.8) is 0 Å². The summed E-state index contributed by atoms with van der Waals surface area (Å²) in [6, 6.07) is 3.44. The highest BCUT2D eigenvalue weighted by atomic mass is 16.4. The maximum absolute atomic E-state index is 13.2. The molecule has 15 nitrogen and oxygen atoms in total. The number of nitrogens with one attached hydrogen (secondary N) is 3. The summed E-state index contributed by atoms with van der Waals surface area (Å²) in [7, 11) is 0. The lowest BCUT2D eigenvalue weighted by molar-refractivity contribution is -0.143. The Morgan fingerprint density at radius 1 is 0.897 bits per heavy atom. The SMILES string of the molecule is CC(O)C(NC(=O)C(Cc1ccccc1)NC(=O)C(N)CCC(N)=O)C(=O)NC(CCCN=C(N)N)C(=O)O. The predicted octanol–water partition coefficient (Wildman–Crippen LogP) is -3.20. The Labute approximate surface area is 225 Å². The number of hydrogen-bond donors (Lipinski definition) is 9. The number of hydrogen-bond acceptors (Lipinski definition) is 8. The van der Waals surface area contributed by atoms with Gasteiger partial charge < -0.3 is 49.1 Å². The smallest absolute Gasteiger partial charge is 0.326 e. The summed E-state index contributed by atoms with van der Waals surface area (Å²) in [6.07, 6.45) is -1.37. The van der Waals surface area contributed by atoms with Crippen LogP contribution in [0.15, 0.2) is 35.3 Å². The Kier molecular flexibility index (Phi) is 13.9.